The molecule has 1 aromatic carbocycles. The van der Waals surface area contributed by atoms with Crippen molar-refractivity contribution in [3.05, 3.63) is 64.8 Å². The maximum Gasteiger partial charge on any atom is 0.263 e. The Kier molecular flexibility index (Phi) is 7.04. The zero-order valence-electron chi connectivity index (χ0n) is 15.7. The van der Waals surface area contributed by atoms with Crippen LogP contribution in [-0.4, -0.2) is 36.6 Å². The van der Waals surface area contributed by atoms with Crippen molar-refractivity contribution in [1.29, 1.82) is 0 Å². The van der Waals surface area contributed by atoms with Gasteiger partial charge in [-0.2, -0.15) is 0 Å². The summed E-state index contributed by atoms with van der Waals surface area (Å²) in [6.07, 6.45) is 4.21. The van der Waals surface area contributed by atoms with Crippen LogP contribution < -0.4 is 4.74 Å². The number of thiophene rings is 1. The maximum atomic E-state index is 12.7. The molecule has 4 nitrogen and oxygen atoms in total. The lowest BCUT2D eigenvalue weighted by atomic mass is 10.2. The van der Waals surface area contributed by atoms with Crippen molar-refractivity contribution in [3.63, 3.8) is 0 Å². The number of nitrogens with zero attached hydrogens (tertiary/aromatic N) is 1. The molecule has 5 heteroatoms. The van der Waals surface area contributed by atoms with E-state index in [1.807, 2.05) is 50.2 Å². The zero-order valence-corrected chi connectivity index (χ0v) is 16.5. The Morgan fingerprint density at radius 2 is 2.08 bits per heavy atom. The summed E-state index contributed by atoms with van der Waals surface area (Å²) in [6, 6.07) is 11.6. The molecule has 1 N–H and O–H groups in total. The number of carbonyl (C=O) groups is 1. The van der Waals surface area contributed by atoms with Crippen LogP contribution in [0.25, 0.3) is 10.4 Å². The monoisotopic (exact) mass is 371 g/mol. The summed E-state index contributed by atoms with van der Waals surface area (Å²) in [7, 11) is 3.41. The van der Waals surface area contributed by atoms with Crippen LogP contribution in [0.5, 0.6) is 5.75 Å². The SMILES string of the molecule is CC/C=C(O)\C=C(/C)CN(C)C(=O)c1ccc(-c2cccc(OC)c2)s1. The normalized spacial score (nSPS) is 12.2. The Balaban J connectivity index is 2.10. The predicted octanol–water partition coefficient (Wildman–Crippen LogP) is 5.29. The number of carbonyl (C=O) groups excluding carboxylic acids is 1. The molecular weight excluding hydrogens is 346 g/mol. The van der Waals surface area contributed by atoms with E-state index in [-0.39, 0.29) is 11.7 Å². The quantitative estimate of drug-likeness (QED) is 0.531. The van der Waals surface area contributed by atoms with Crippen LogP contribution in [0.1, 0.15) is 29.9 Å². The molecule has 138 valence electrons. The molecule has 1 amide bonds. The fourth-order valence-electron chi connectivity index (χ4n) is 2.58. The van der Waals surface area contributed by atoms with Gasteiger partial charge in [-0.05, 0) is 55.3 Å². The molecule has 2 rings (SSSR count). The summed E-state index contributed by atoms with van der Waals surface area (Å²) in [6.45, 7) is 4.33. The number of hydrogen-bond donors (Lipinski definition) is 1. The number of amides is 1. The van der Waals surface area contributed by atoms with Gasteiger partial charge in [-0.3, -0.25) is 4.79 Å². The Morgan fingerprint density at radius 3 is 2.77 bits per heavy atom. The molecule has 0 fully saturated rings. The molecule has 0 aliphatic carbocycles. The molecule has 2 aromatic rings. The summed E-state index contributed by atoms with van der Waals surface area (Å²) < 4.78 is 5.26. The molecule has 0 saturated heterocycles. The van der Waals surface area contributed by atoms with E-state index in [1.54, 1.807) is 31.2 Å². The molecule has 0 saturated carbocycles. The minimum Gasteiger partial charge on any atom is -0.508 e. The van der Waals surface area contributed by atoms with Crippen LogP contribution in [0.2, 0.25) is 0 Å². The standard InChI is InChI=1S/C21H25NO3S/c1-5-7-17(23)12-15(2)14-22(3)21(24)20-11-10-19(26-20)16-8-6-9-18(13-16)25-4/h6-13,23H,5,14H2,1-4H3/b15-12+,17-7+. The van der Waals surface area contributed by atoms with Gasteiger partial charge in [0, 0.05) is 18.5 Å². The van der Waals surface area contributed by atoms with Gasteiger partial charge in [0.2, 0.25) is 0 Å². The lowest BCUT2D eigenvalue weighted by Gasteiger charge is -2.16. The average molecular weight is 372 g/mol. The van der Waals surface area contributed by atoms with Crippen molar-refractivity contribution >= 4 is 17.2 Å². The number of likely N-dealkylation sites (N-methyl/N-ethyl adjacent to an activating group) is 1. The zero-order chi connectivity index (χ0) is 19.1. The number of ether oxygens (including phenoxy) is 1. The first kappa shape index (κ1) is 19.8. The Hall–Kier alpha value is -2.53. The van der Waals surface area contributed by atoms with Gasteiger partial charge in [0.1, 0.15) is 11.5 Å². The highest BCUT2D eigenvalue weighted by Gasteiger charge is 2.15. The fraction of sp³-hybridized carbons (Fsp3) is 0.286. The van der Waals surface area contributed by atoms with E-state index in [1.165, 1.54) is 11.3 Å². The van der Waals surface area contributed by atoms with Crippen LogP contribution in [0.15, 0.2) is 59.9 Å². The summed E-state index contributed by atoms with van der Waals surface area (Å²) in [5.74, 6) is 1.000. The predicted molar refractivity (Wildman–Crippen MR) is 108 cm³/mol. The van der Waals surface area contributed by atoms with E-state index in [0.717, 1.165) is 28.2 Å². The van der Waals surface area contributed by atoms with Crippen LogP contribution in [0, 0.1) is 0 Å². The number of aliphatic hydroxyl groups excluding tert-OH is 1. The summed E-state index contributed by atoms with van der Waals surface area (Å²) >= 11 is 1.46. The van der Waals surface area contributed by atoms with E-state index in [0.29, 0.717) is 11.4 Å². The lowest BCUT2D eigenvalue weighted by Crippen LogP contribution is -2.27. The van der Waals surface area contributed by atoms with Gasteiger partial charge in [0.15, 0.2) is 0 Å². The van der Waals surface area contributed by atoms with Crippen LogP contribution in [-0.2, 0) is 0 Å². The highest BCUT2D eigenvalue weighted by atomic mass is 32.1. The van der Waals surface area contributed by atoms with Gasteiger partial charge in [-0.25, -0.2) is 0 Å². The van der Waals surface area contributed by atoms with Crippen molar-refractivity contribution in [2.75, 3.05) is 20.7 Å². The molecular formula is C21H25NO3S. The molecule has 1 aromatic heterocycles. The summed E-state index contributed by atoms with van der Waals surface area (Å²) in [5.41, 5.74) is 1.95. The van der Waals surface area contributed by atoms with Gasteiger partial charge in [-0.15, -0.1) is 11.3 Å². The van der Waals surface area contributed by atoms with Crippen LogP contribution >= 0.6 is 11.3 Å². The van der Waals surface area contributed by atoms with E-state index in [2.05, 4.69) is 0 Å². The molecule has 0 unspecified atom stereocenters. The van der Waals surface area contributed by atoms with Crippen molar-refractivity contribution in [1.82, 2.24) is 4.90 Å². The molecule has 0 aliphatic rings. The topological polar surface area (TPSA) is 49.8 Å². The van der Waals surface area contributed by atoms with E-state index in [4.69, 9.17) is 4.74 Å². The number of methoxy groups -OCH3 is 1. The van der Waals surface area contributed by atoms with E-state index >= 15 is 0 Å². The maximum absolute atomic E-state index is 12.7. The second-order valence-corrected chi connectivity index (χ2v) is 7.17. The fourth-order valence-corrected chi connectivity index (χ4v) is 3.58. The van der Waals surface area contributed by atoms with Crippen molar-refractivity contribution in [2.24, 2.45) is 0 Å². The van der Waals surface area contributed by atoms with Gasteiger partial charge in [0.25, 0.3) is 5.91 Å². The summed E-state index contributed by atoms with van der Waals surface area (Å²) in [4.78, 5) is 16.0. The smallest absolute Gasteiger partial charge is 0.263 e. The number of rotatable bonds is 7. The van der Waals surface area contributed by atoms with Crippen molar-refractivity contribution in [3.8, 4) is 16.2 Å². The second kappa shape index (κ2) is 9.25. The van der Waals surface area contributed by atoms with Crippen LogP contribution in [0.3, 0.4) is 0 Å². The molecule has 0 radical (unpaired) electrons. The third-order valence-corrected chi connectivity index (χ3v) is 4.93. The van der Waals surface area contributed by atoms with Crippen molar-refractivity contribution < 1.29 is 14.6 Å². The highest BCUT2D eigenvalue weighted by molar-refractivity contribution is 7.17. The first-order valence-corrected chi connectivity index (χ1v) is 9.32. The molecule has 26 heavy (non-hydrogen) atoms. The highest BCUT2D eigenvalue weighted by Crippen LogP contribution is 2.30. The lowest BCUT2D eigenvalue weighted by molar-refractivity contribution is 0.0811. The molecule has 1 heterocycles. The van der Waals surface area contributed by atoms with Gasteiger partial charge < -0.3 is 14.7 Å². The number of benzene rings is 1. The number of hydrogen-bond acceptors (Lipinski definition) is 4. The Labute approximate surface area is 159 Å². The Bertz CT molecular complexity index is 820. The van der Waals surface area contributed by atoms with Crippen LogP contribution in [0.4, 0.5) is 0 Å². The number of allylic oxidation sites excluding steroid dienone is 2. The van der Waals surface area contributed by atoms with Gasteiger partial charge in [0.05, 0.1) is 12.0 Å². The second-order valence-electron chi connectivity index (χ2n) is 6.08. The third-order valence-electron chi connectivity index (χ3n) is 3.81. The molecule has 0 bridgehead atoms. The van der Waals surface area contributed by atoms with E-state index in [9.17, 15) is 9.90 Å². The first-order chi connectivity index (χ1) is 12.4. The minimum absolute atomic E-state index is 0.0316. The molecule has 0 atom stereocenters. The summed E-state index contributed by atoms with van der Waals surface area (Å²) in [5, 5.41) is 9.73. The minimum atomic E-state index is -0.0316. The number of aliphatic hydroxyl groups is 1. The van der Waals surface area contributed by atoms with Gasteiger partial charge >= 0.3 is 0 Å². The van der Waals surface area contributed by atoms with Crippen molar-refractivity contribution in [2.45, 2.75) is 20.3 Å². The first-order valence-electron chi connectivity index (χ1n) is 8.50. The van der Waals surface area contributed by atoms with Gasteiger partial charge in [-0.1, -0.05) is 24.6 Å². The average Bonchev–Trinajstić information content (AvgIpc) is 3.11. The van der Waals surface area contributed by atoms with E-state index < -0.39 is 0 Å². The Morgan fingerprint density at radius 1 is 1.31 bits per heavy atom. The third kappa shape index (κ3) is 5.23. The largest absolute Gasteiger partial charge is 0.508 e. The molecule has 0 aliphatic heterocycles. The molecule has 0 spiro atoms.